The molecule has 1 amide bonds. The summed E-state index contributed by atoms with van der Waals surface area (Å²) in [6.07, 6.45) is 4.75. The van der Waals surface area contributed by atoms with Crippen molar-refractivity contribution in [3.05, 3.63) is 0 Å². The summed E-state index contributed by atoms with van der Waals surface area (Å²) in [6, 6.07) is 0. The molecule has 1 atom stereocenters. The molecule has 2 aliphatic rings. The number of nitrogens with zero attached hydrogens (tertiary/aromatic N) is 1. The zero-order chi connectivity index (χ0) is 25.2. The summed E-state index contributed by atoms with van der Waals surface area (Å²) in [5, 5.41) is 0. The molecule has 35 heavy (non-hydrogen) atoms. The number of amides is 1. The summed E-state index contributed by atoms with van der Waals surface area (Å²) in [7, 11) is 0. The summed E-state index contributed by atoms with van der Waals surface area (Å²) >= 11 is 0. The van der Waals surface area contributed by atoms with Crippen LogP contribution in [0.1, 0.15) is 52.9 Å². The topological polar surface area (TPSA) is 94.2 Å². The molecule has 2 heterocycles. The minimum absolute atomic E-state index is 0.0621. The van der Waals surface area contributed by atoms with Crippen molar-refractivity contribution < 1.29 is 42.7 Å². The fraction of sp³-hybridized carbons (Fsp3) is 0.960. The van der Waals surface area contributed by atoms with Crippen LogP contribution in [0.2, 0.25) is 0 Å². The third-order valence-corrected chi connectivity index (χ3v) is 5.46. The van der Waals surface area contributed by atoms with E-state index in [9.17, 15) is 4.79 Å². The summed E-state index contributed by atoms with van der Waals surface area (Å²) in [6.45, 7) is 13.1. The van der Waals surface area contributed by atoms with Crippen LogP contribution in [-0.4, -0.2) is 115 Å². The number of carbonyl (C=O) groups is 1. The third-order valence-electron chi connectivity index (χ3n) is 5.46. The highest BCUT2D eigenvalue weighted by atomic mass is 16.7. The van der Waals surface area contributed by atoms with E-state index in [0.29, 0.717) is 79.2 Å². The molecule has 0 aliphatic carbocycles. The molecule has 10 nitrogen and oxygen atoms in total. The highest BCUT2D eigenvalue weighted by Gasteiger charge is 2.27. The first-order valence-corrected chi connectivity index (χ1v) is 13.1. The molecule has 0 saturated carbocycles. The van der Waals surface area contributed by atoms with Crippen LogP contribution in [0.15, 0.2) is 0 Å². The predicted octanol–water partition coefficient (Wildman–Crippen LogP) is 3.01. The summed E-state index contributed by atoms with van der Waals surface area (Å²) < 4.78 is 44.4. The molecule has 0 bridgehead atoms. The van der Waals surface area contributed by atoms with E-state index in [1.165, 1.54) is 6.42 Å². The Bertz CT molecular complexity index is 530. The lowest BCUT2D eigenvalue weighted by atomic mass is 10.1. The summed E-state index contributed by atoms with van der Waals surface area (Å²) in [4.78, 5) is 13.8. The predicted molar refractivity (Wildman–Crippen MR) is 130 cm³/mol. The molecule has 2 aliphatic heterocycles. The normalized spacial score (nSPS) is 19.7. The van der Waals surface area contributed by atoms with Gasteiger partial charge in [-0.15, -0.1) is 0 Å². The Labute approximate surface area is 210 Å². The molecule has 1 unspecified atom stereocenters. The van der Waals surface area contributed by atoms with E-state index in [0.717, 1.165) is 32.3 Å². The second-order valence-electron chi connectivity index (χ2n) is 9.65. The average Bonchev–Trinajstić information content (AvgIpc) is 2.83. The maximum absolute atomic E-state index is 12.1. The van der Waals surface area contributed by atoms with E-state index in [1.807, 2.05) is 20.8 Å². The van der Waals surface area contributed by atoms with Gasteiger partial charge in [0.25, 0.3) is 0 Å². The number of hydrogen-bond acceptors (Lipinski definition) is 9. The maximum atomic E-state index is 12.1. The number of rotatable bonds is 17. The van der Waals surface area contributed by atoms with Gasteiger partial charge in [0.15, 0.2) is 6.29 Å². The smallest absolute Gasteiger partial charge is 0.410 e. The van der Waals surface area contributed by atoms with Crippen LogP contribution in [-0.2, 0) is 37.9 Å². The first-order chi connectivity index (χ1) is 16.9. The van der Waals surface area contributed by atoms with Gasteiger partial charge < -0.3 is 42.8 Å². The Hall–Kier alpha value is -1.01. The summed E-state index contributed by atoms with van der Waals surface area (Å²) in [5.74, 6) is 0. The molecule has 0 aromatic carbocycles. The molecule has 10 heteroatoms. The molecule has 0 aromatic heterocycles. The number of ether oxygens (including phenoxy) is 8. The van der Waals surface area contributed by atoms with E-state index in [4.69, 9.17) is 37.9 Å². The van der Waals surface area contributed by atoms with Gasteiger partial charge in [0.05, 0.1) is 72.2 Å². The number of hydrogen-bond donors (Lipinski definition) is 0. The van der Waals surface area contributed by atoms with Crippen LogP contribution in [0, 0.1) is 0 Å². The van der Waals surface area contributed by atoms with Crippen LogP contribution in [0.25, 0.3) is 0 Å². The molecule has 0 radical (unpaired) electrons. The van der Waals surface area contributed by atoms with E-state index < -0.39 is 5.60 Å². The van der Waals surface area contributed by atoms with Gasteiger partial charge in [-0.2, -0.15) is 0 Å². The van der Waals surface area contributed by atoms with Gasteiger partial charge in [-0.25, -0.2) is 4.79 Å². The van der Waals surface area contributed by atoms with E-state index >= 15 is 0 Å². The molecular weight excluding hydrogens is 458 g/mol. The van der Waals surface area contributed by atoms with Crippen LogP contribution in [0.3, 0.4) is 0 Å². The minimum atomic E-state index is -0.465. The molecule has 2 saturated heterocycles. The van der Waals surface area contributed by atoms with Gasteiger partial charge in [-0.1, -0.05) is 0 Å². The molecular formula is C25H47NO9. The van der Waals surface area contributed by atoms with Gasteiger partial charge in [-0.3, -0.25) is 0 Å². The van der Waals surface area contributed by atoms with Gasteiger partial charge >= 0.3 is 6.09 Å². The maximum Gasteiger partial charge on any atom is 0.410 e. The lowest BCUT2D eigenvalue weighted by Crippen LogP contribution is -2.43. The third kappa shape index (κ3) is 15.7. The molecule has 0 N–H and O–H groups in total. The van der Waals surface area contributed by atoms with Crippen molar-refractivity contribution in [3.63, 3.8) is 0 Å². The lowest BCUT2D eigenvalue weighted by molar-refractivity contribution is -0.169. The van der Waals surface area contributed by atoms with E-state index in [1.54, 1.807) is 4.90 Å². The fourth-order valence-electron chi connectivity index (χ4n) is 3.65. The largest absolute Gasteiger partial charge is 0.444 e. The van der Waals surface area contributed by atoms with Gasteiger partial charge in [0, 0.05) is 19.7 Å². The quantitative estimate of drug-likeness (QED) is 0.277. The SMILES string of the molecule is CC(C)(C)OC(=O)N1CCC(OCCOCCOCCOCCOCCOC2CCCCO2)CC1. The molecule has 0 spiro atoms. The Balaban J connectivity index is 1.27. The van der Waals surface area contributed by atoms with E-state index in [2.05, 4.69) is 0 Å². The first kappa shape index (κ1) is 30.2. The highest BCUT2D eigenvalue weighted by molar-refractivity contribution is 5.68. The van der Waals surface area contributed by atoms with Crippen LogP contribution < -0.4 is 0 Å². The molecule has 0 aromatic rings. The van der Waals surface area contributed by atoms with Crippen molar-refractivity contribution in [3.8, 4) is 0 Å². The monoisotopic (exact) mass is 505 g/mol. The zero-order valence-electron chi connectivity index (χ0n) is 22.0. The van der Waals surface area contributed by atoms with Crippen molar-refractivity contribution in [2.45, 2.75) is 70.9 Å². The lowest BCUT2D eigenvalue weighted by Gasteiger charge is -2.33. The van der Waals surface area contributed by atoms with Gasteiger partial charge in [0.1, 0.15) is 5.60 Å². The molecule has 2 rings (SSSR count). The highest BCUT2D eigenvalue weighted by Crippen LogP contribution is 2.17. The number of likely N-dealkylation sites (tertiary alicyclic amines) is 1. The van der Waals surface area contributed by atoms with Crippen molar-refractivity contribution >= 4 is 6.09 Å². The fourth-order valence-corrected chi connectivity index (χ4v) is 3.65. The zero-order valence-corrected chi connectivity index (χ0v) is 22.0. The number of piperidine rings is 1. The van der Waals surface area contributed by atoms with Crippen molar-refractivity contribution in [1.29, 1.82) is 0 Å². The Kier molecular flexibility index (Phi) is 15.8. The van der Waals surface area contributed by atoms with Crippen molar-refractivity contribution in [1.82, 2.24) is 4.90 Å². The molecule has 2 fully saturated rings. The Morgan fingerprint density at radius 3 is 1.74 bits per heavy atom. The second-order valence-corrected chi connectivity index (χ2v) is 9.65. The molecule has 206 valence electrons. The van der Waals surface area contributed by atoms with E-state index in [-0.39, 0.29) is 18.5 Å². The van der Waals surface area contributed by atoms with Gasteiger partial charge in [-0.05, 0) is 52.9 Å². The second kappa shape index (κ2) is 18.3. The van der Waals surface area contributed by atoms with Crippen LogP contribution in [0.5, 0.6) is 0 Å². The van der Waals surface area contributed by atoms with Crippen molar-refractivity contribution in [2.75, 3.05) is 85.8 Å². The minimum Gasteiger partial charge on any atom is -0.444 e. The Morgan fingerprint density at radius 1 is 0.743 bits per heavy atom. The summed E-state index contributed by atoms with van der Waals surface area (Å²) in [5.41, 5.74) is -0.465. The number of carbonyl (C=O) groups excluding carboxylic acids is 1. The van der Waals surface area contributed by atoms with Gasteiger partial charge in [0.2, 0.25) is 0 Å². The van der Waals surface area contributed by atoms with Crippen molar-refractivity contribution in [2.24, 2.45) is 0 Å². The van der Waals surface area contributed by atoms with Crippen LogP contribution in [0.4, 0.5) is 4.79 Å². The first-order valence-electron chi connectivity index (χ1n) is 13.1. The standard InChI is InChI=1S/C25H47NO9/c1-25(2,3)35-24(27)26-9-7-22(8-10-26)32-20-18-30-16-14-28-12-13-29-15-17-31-19-21-34-23-6-4-5-11-33-23/h22-23H,4-21H2,1-3H3. The average molecular weight is 506 g/mol. The van der Waals surface area contributed by atoms with Crippen LogP contribution >= 0.6 is 0 Å². The Morgan fingerprint density at radius 2 is 1.26 bits per heavy atom.